The van der Waals surface area contributed by atoms with Crippen LogP contribution in [0.4, 0.5) is 0 Å². The predicted molar refractivity (Wildman–Crippen MR) is 107 cm³/mol. The molecule has 0 unspecified atom stereocenters. The first kappa shape index (κ1) is 17.5. The SMILES string of the molecule is CC(C)[Si](c1c(Br)cnc2[nH]cc(I)c12)(C(C)C)C(C)C. The van der Waals surface area contributed by atoms with E-state index in [4.69, 9.17) is 0 Å². The molecule has 21 heavy (non-hydrogen) atoms. The van der Waals surface area contributed by atoms with Gasteiger partial charge >= 0.3 is 0 Å². The van der Waals surface area contributed by atoms with Crippen LogP contribution in [0.1, 0.15) is 41.5 Å². The number of halogens is 2. The van der Waals surface area contributed by atoms with E-state index in [1.54, 1.807) is 5.19 Å². The molecule has 0 bridgehead atoms. The molecule has 0 amide bonds. The van der Waals surface area contributed by atoms with Gasteiger partial charge in [-0.25, -0.2) is 4.98 Å². The fourth-order valence-corrected chi connectivity index (χ4v) is 13.5. The summed E-state index contributed by atoms with van der Waals surface area (Å²) in [5, 5.41) is 2.89. The van der Waals surface area contributed by atoms with Crippen LogP contribution >= 0.6 is 38.5 Å². The summed E-state index contributed by atoms with van der Waals surface area (Å²) >= 11 is 6.27. The van der Waals surface area contributed by atoms with E-state index in [9.17, 15) is 0 Å². The highest BCUT2D eigenvalue weighted by molar-refractivity contribution is 14.1. The highest BCUT2D eigenvalue weighted by atomic mass is 127. The second kappa shape index (κ2) is 6.32. The summed E-state index contributed by atoms with van der Waals surface area (Å²) in [6.07, 6.45) is 4.06. The Hall–Kier alpha value is 0.117. The number of nitrogens with zero attached hydrogens (tertiary/aromatic N) is 1. The van der Waals surface area contributed by atoms with Gasteiger partial charge in [-0.3, -0.25) is 0 Å². The van der Waals surface area contributed by atoms with E-state index in [-0.39, 0.29) is 0 Å². The minimum absolute atomic E-state index is 0.685. The van der Waals surface area contributed by atoms with Gasteiger partial charge in [0.1, 0.15) is 5.65 Å². The van der Waals surface area contributed by atoms with E-state index in [1.165, 1.54) is 13.4 Å². The fraction of sp³-hybridized carbons (Fsp3) is 0.562. The van der Waals surface area contributed by atoms with Gasteiger partial charge in [0.05, 0.1) is 8.07 Å². The molecule has 0 saturated heterocycles. The maximum Gasteiger partial charge on any atom is 0.138 e. The van der Waals surface area contributed by atoms with Crippen LogP contribution in [0.3, 0.4) is 0 Å². The zero-order chi connectivity index (χ0) is 15.9. The van der Waals surface area contributed by atoms with Gasteiger partial charge in [0.15, 0.2) is 0 Å². The monoisotopic (exact) mass is 478 g/mol. The topological polar surface area (TPSA) is 28.7 Å². The molecule has 0 aliphatic heterocycles. The maximum atomic E-state index is 4.57. The number of aromatic amines is 1. The lowest BCUT2D eigenvalue weighted by molar-refractivity contribution is 0.835. The number of rotatable bonds is 4. The summed E-state index contributed by atoms with van der Waals surface area (Å²) in [6.45, 7) is 14.4. The van der Waals surface area contributed by atoms with E-state index < -0.39 is 8.07 Å². The third kappa shape index (κ3) is 2.63. The molecule has 2 aromatic rings. The van der Waals surface area contributed by atoms with Crippen LogP contribution in [0.15, 0.2) is 16.9 Å². The Morgan fingerprint density at radius 2 is 1.62 bits per heavy atom. The zero-order valence-electron chi connectivity index (χ0n) is 13.6. The highest BCUT2D eigenvalue weighted by Crippen LogP contribution is 2.43. The highest BCUT2D eigenvalue weighted by Gasteiger charge is 2.46. The summed E-state index contributed by atoms with van der Waals surface area (Å²) in [5.74, 6) is 0. The number of hydrogen-bond acceptors (Lipinski definition) is 1. The first-order chi connectivity index (χ1) is 9.74. The van der Waals surface area contributed by atoms with Crippen molar-refractivity contribution < 1.29 is 0 Å². The molecule has 2 rings (SSSR count). The summed E-state index contributed by atoms with van der Waals surface area (Å²) in [6, 6.07) is 0. The van der Waals surface area contributed by atoms with Crippen LogP contribution in [-0.2, 0) is 0 Å². The molecule has 116 valence electrons. The lowest BCUT2D eigenvalue weighted by atomic mass is 10.3. The molecular weight excluding hydrogens is 455 g/mol. The summed E-state index contributed by atoms with van der Waals surface area (Å²) in [5.41, 5.74) is 3.08. The van der Waals surface area contributed by atoms with E-state index in [0.29, 0.717) is 16.6 Å². The fourth-order valence-electron chi connectivity index (χ4n) is 4.32. The molecular formula is C16H24BrIN2Si. The van der Waals surface area contributed by atoms with Crippen molar-refractivity contribution in [2.45, 2.75) is 58.2 Å². The van der Waals surface area contributed by atoms with Crippen LogP contribution in [0.25, 0.3) is 11.0 Å². The van der Waals surface area contributed by atoms with Gasteiger partial charge in [0.2, 0.25) is 0 Å². The van der Waals surface area contributed by atoms with Crippen LogP contribution in [0.2, 0.25) is 16.6 Å². The van der Waals surface area contributed by atoms with E-state index in [2.05, 4.69) is 96.2 Å². The molecule has 0 fully saturated rings. The molecule has 2 nitrogen and oxygen atoms in total. The summed E-state index contributed by atoms with van der Waals surface area (Å²) < 4.78 is 2.47. The number of H-pyrrole nitrogens is 1. The van der Waals surface area contributed by atoms with Gasteiger partial charge in [-0.05, 0) is 60.3 Å². The number of fused-ring (bicyclic) bond motifs is 1. The normalized spacial score (nSPS) is 13.1. The summed E-state index contributed by atoms with van der Waals surface area (Å²) in [4.78, 5) is 7.90. The van der Waals surface area contributed by atoms with Crippen molar-refractivity contribution in [1.29, 1.82) is 0 Å². The van der Waals surface area contributed by atoms with Gasteiger partial charge < -0.3 is 4.98 Å². The zero-order valence-corrected chi connectivity index (χ0v) is 18.3. The van der Waals surface area contributed by atoms with Gasteiger partial charge in [-0.15, -0.1) is 0 Å². The predicted octanol–water partition coefficient (Wildman–Crippen LogP) is 5.82. The van der Waals surface area contributed by atoms with Gasteiger partial charge in [-0.2, -0.15) is 0 Å². The Balaban J connectivity index is 2.95. The van der Waals surface area contributed by atoms with Gasteiger partial charge in [0.25, 0.3) is 0 Å². The molecule has 0 saturated carbocycles. The molecule has 2 aromatic heterocycles. The van der Waals surface area contributed by atoms with E-state index >= 15 is 0 Å². The Labute approximate surface area is 150 Å². The van der Waals surface area contributed by atoms with Crippen LogP contribution < -0.4 is 5.19 Å². The van der Waals surface area contributed by atoms with Crippen LogP contribution in [0.5, 0.6) is 0 Å². The molecule has 5 heteroatoms. The third-order valence-corrected chi connectivity index (χ3v) is 13.8. The number of nitrogens with one attached hydrogen (secondary N) is 1. The second-order valence-electron chi connectivity index (χ2n) is 6.74. The molecule has 0 aliphatic carbocycles. The Kier molecular flexibility index (Phi) is 5.25. The maximum absolute atomic E-state index is 4.57. The molecule has 0 atom stereocenters. The smallest absolute Gasteiger partial charge is 0.138 e. The second-order valence-corrected chi connectivity index (χ2v) is 14.6. The lowest BCUT2D eigenvalue weighted by Crippen LogP contribution is -2.56. The Morgan fingerprint density at radius 3 is 2.10 bits per heavy atom. The van der Waals surface area contributed by atoms with Crippen molar-refractivity contribution in [3.05, 3.63) is 20.4 Å². The van der Waals surface area contributed by atoms with Crippen molar-refractivity contribution in [2.75, 3.05) is 0 Å². The van der Waals surface area contributed by atoms with Crippen LogP contribution in [0, 0.1) is 3.57 Å². The average molecular weight is 479 g/mol. The molecule has 1 N–H and O–H groups in total. The van der Waals surface area contributed by atoms with Gasteiger partial charge in [0, 0.05) is 25.8 Å². The summed E-state index contributed by atoms with van der Waals surface area (Å²) in [7, 11) is -1.72. The lowest BCUT2D eigenvalue weighted by Gasteiger charge is -2.44. The number of pyridine rings is 1. The number of hydrogen-bond donors (Lipinski definition) is 1. The Bertz CT molecular complexity index is 627. The van der Waals surface area contributed by atoms with E-state index in [0.717, 1.165) is 5.65 Å². The largest absolute Gasteiger partial charge is 0.345 e. The first-order valence-corrected chi connectivity index (χ1v) is 11.7. The third-order valence-electron chi connectivity index (χ3n) is 4.91. The average Bonchev–Trinajstić information content (AvgIpc) is 2.73. The van der Waals surface area contributed by atoms with Gasteiger partial charge in [-0.1, -0.05) is 41.5 Å². The molecule has 0 radical (unpaired) electrons. The van der Waals surface area contributed by atoms with Crippen molar-refractivity contribution >= 4 is 62.8 Å². The van der Waals surface area contributed by atoms with Crippen molar-refractivity contribution in [3.63, 3.8) is 0 Å². The van der Waals surface area contributed by atoms with Crippen molar-refractivity contribution in [1.82, 2.24) is 9.97 Å². The minimum atomic E-state index is -1.72. The van der Waals surface area contributed by atoms with E-state index in [1.807, 2.05) is 6.20 Å². The Morgan fingerprint density at radius 1 is 1.10 bits per heavy atom. The minimum Gasteiger partial charge on any atom is -0.345 e. The molecule has 0 aliphatic rings. The molecule has 2 heterocycles. The van der Waals surface area contributed by atoms with Crippen molar-refractivity contribution in [2.24, 2.45) is 0 Å². The van der Waals surface area contributed by atoms with Crippen LogP contribution in [-0.4, -0.2) is 18.0 Å². The molecule has 0 spiro atoms. The first-order valence-electron chi connectivity index (χ1n) is 7.56. The molecule has 0 aromatic carbocycles. The van der Waals surface area contributed by atoms with Crippen molar-refractivity contribution in [3.8, 4) is 0 Å². The quantitative estimate of drug-likeness (QED) is 0.435. The standard InChI is InChI=1S/C16H24BrIN2Si/c1-9(2)21(10(3)4,11(5)6)15-12(17)7-19-16-14(15)13(18)8-20-16/h7-11H,1-6H3,(H,19,20). The number of aromatic nitrogens is 2.